The van der Waals surface area contributed by atoms with E-state index in [-0.39, 0.29) is 11.0 Å². The van der Waals surface area contributed by atoms with Crippen LogP contribution in [0.1, 0.15) is 57.9 Å². The van der Waals surface area contributed by atoms with E-state index in [9.17, 15) is 0 Å². The molecule has 0 aliphatic carbocycles. The molecular weight excluding hydrogens is 356 g/mol. The molecule has 3 rings (SSSR count). The summed E-state index contributed by atoms with van der Waals surface area (Å²) < 4.78 is 0. The standard InChI is InChI=1S/C25H34N4/c1-19-12-14-20(15-13-19)17-29-27-22(16-26-25(5,6)18-24(2,3)4)23(28-29)21-10-8-7-9-11-21/h7-15,26H,16-18H2,1-6H3. The van der Waals surface area contributed by atoms with Gasteiger partial charge in [0.15, 0.2) is 0 Å². The zero-order valence-corrected chi connectivity index (χ0v) is 18.7. The number of rotatable bonds is 7. The Morgan fingerprint density at radius 3 is 2.14 bits per heavy atom. The molecule has 1 N–H and O–H groups in total. The quantitative estimate of drug-likeness (QED) is 0.570. The SMILES string of the molecule is Cc1ccc(Cn2nc(CNC(C)(C)CC(C)(C)C)c(-c3ccccc3)n2)cc1. The molecule has 0 saturated heterocycles. The van der Waals surface area contributed by atoms with Gasteiger partial charge in [-0.15, -0.1) is 0 Å². The molecule has 154 valence electrons. The monoisotopic (exact) mass is 390 g/mol. The Balaban J connectivity index is 1.84. The molecule has 0 unspecified atom stereocenters. The van der Waals surface area contributed by atoms with Crippen molar-refractivity contribution in [3.8, 4) is 11.3 Å². The molecule has 0 amide bonds. The predicted molar refractivity (Wildman–Crippen MR) is 121 cm³/mol. The Kier molecular flexibility index (Phi) is 6.23. The number of nitrogens with one attached hydrogen (secondary N) is 1. The fraction of sp³-hybridized carbons (Fsp3) is 0.440. The van der Waals surface area contributed by atoms with Crippen LogP contribution in [0.4, 0.5) is 0 Å². The minimum atomic E-state index is 0.0208. The molecule has 2 aromatic carbocycles. The summed E-state index contributed by atoms with van der Waals surface area (Å²) in [5, 5.41) is 13.4. The van der Waals surface area contributed by atoms with Crippen LogP contribution in [0, 0.1) is 12.3 Å². The lowest BCUT2D eigenvalue weighted by Crippen LogP contribution is -2.42. The Morgan fingerprint density at radius 2 is 1.52 bits per heavy atom. The third kappa shape index (κ3) is 6.26. The average molecular weight is 391 g/mol. The highest BCUT2D eigenvalue weighted by Crippen LogP contribution is 2.28. The molecule has 0 fully saturated rings. The van der Waals surface area contributed by atoms with Crippen molar-refractivity contribution >= 4 is 0 Å². The van der Waals surface area contributed by atoms with E-state index in [1.807, 2.05) is 10.9 Å². The van der Waals surface area contributed by atoms with Gasteiger partial charge in [0, 0.05) is 17.6 Å². The molecule has 0 bridgehead atoms. The molecule has 3 aromatic rings. The highest BCUT2D eigenvalue weighted by molar-refractivity contribution is 5.60. The molecular formula is C25H34N4. The lowest BCUT2D eigenvalue weighted by Gasteiger charge is -2.33. The lowest BCUT2D eigenvalue weighted by molar-refractivity contribution is 0.240. The molecule has 0 spiro atoms. The van der Waals surface area contributed by atoms with Crippen molar-refractivity contribution in [1.29, 1.82) is 0 Å². The number of aromatic nitrogens is 3. The van der Waals surface area contributed by atoms with Crippen molar-refractivity contribution in [3.63, 3.8) is 0 Å². The fourth-order valence-electron chi connectivity index (χ4n) is 3.96. The number of nitrogens with zero attached hydrogens (tertiary/aromatic N) is 3. The smallest absolute Gasteiger partial charge is 0.117 e. The van der Waals surface area contributed by atoms with Gasteiger partial charge in [-0.1, -0.05) is 80.9 Å². The lowest BCUT2D eigenvalue weighted by atomic mass is 9.82. The summed E-state index contributed by atoms with van der Waals surface area (Å²) in [5.41, 5.74) is 5.81. The second-order valence-corrected chi connectivity index (χ2v) is 9.85. The summed E-state index contributed by atoms with van der Waals surface area (Å²) >= 11 is 0. The van der Waals surface area contributed by atoms with Gasteiger partial charge in [0.2, 0.25) is 0 Å². The van der Waals surface area contributed by atoms with Gasteiger partial charge in [-0.25, -0.2) is 0 Å². The van der Waals surface area contributed by atoms with Crippen LogP contribution in [0.15, 0.2) is 54.6 Å². The van der Waals surface area contributed by atoms with E-state index < -0.39 is 0 Å². The van der Waals surface area contributed by atoms with Crippen LogP contribution in [0.5, 0.6) is 0 Å². The molecule has 4 nitrogen and oxygen atoms in total. The summed E-state index contributed by atoms with van der Waals surface area (Å²) in [6.07, 6.45) is 1.08. The average Bonchev–Trinajstić information content (AvgIpc) is 3.04. The zero-order valence-electron chi connectivity index (χ0n) is 18.7. The molecule has 0 aliphatic rings. The summed E-state index contributed by atoms with van der Waals surface area (Å²) in [6, 6.07) is 18.9. The maximum atomic E-state index is 4.85. The maximum Gasteiger partial charge on any atom is 0.117 e. The molecule has 1 aromatic heterocycles. The van der Waals surface area contributed by atoms with Gasteiger partial charge in [0.1, 0.15) is 11.4 Å². The van der Waals surface area contributed by atoms with Crippen LogP contribution < -0.4 is 5.32 Å². The minimum Gasteiger partial charge on any atom is -0.306 e. The first kappa shape index (κ1) is 21.3. The molecule has 0 aliphatic heterocycles. The van der Waals surface area contributed by atoms with Crippen LogP contribution in [0.3, 0.4) is 0 Å². The van der Waals surface area contributed by atoms with E-state index in [1.165, 1.54) is 11.1 Å². The van der Waals surface area contributed by atoms with Crippen molar-refractivity contribution in [2.24, 2.45) is 5.41 Å². The van der Waals surface area contributed by atoms with E-state index >= 15 is 0 Å². The fourth-order valence-corrected chi connectivity index (χ4v) is 3.96. The first-order valence-corrected chi connectivity index (χ1v) is 10.4. The second-order valence-electron chi connectivity index (χ2n) is 9.85. The summed E-state index contributed by atoms with van der Waals surface area (Å²) in [4.78, 5) is 1.82. The van der Waals surface area contributed by atoms with Crippen molar-refractivity contribution < 1.29 is 0 Å². The van der Waals surface area contributed by atoms with Crippen molar-refractivity contribution in [1.82, 2.24) is 20.3 Å². The Labute approximate surface area is 175 Å². The first-order chi connectivity index (χ1) is 13.6. The number of aryl methyl sites for hydroxylation is 1. The largest absolute Gasteiger partial charge is 0.306 e. The highest BCUT2D eigenvalue weighted by atomic mass is 15.5. The van der Waals surface area contributed by atoms with Crippen molar-refractivity contribution in [2.45, 2.75) is 66.6 Å². The first-order valence-electron chi connectivity index (χ1n) is 10.4. The molecule has 0 radical (unpaired) electrons. The number of hydrogen-bond donors (Lipinski definition) is 1. The Bertz CT molecular complexity index is 916. The van der Waals surface area contributed by atoms with Gasteiger partial charge in [0.05, 0.1) is 6.54 Å². The van der Waals surface area contributed by atoms with E-state index in [0.29, 0.717) is 13.1 Å². The molecule has 0 atom stereocenters. The summed E-state index contributed by atoms with van der Waals surface area (Å²) in [5.74, 6) is 0. The van der Waals surface area contributed by atoms with Crippen LogP contribution in [0.25, 0.3) is 11.3 Å². The summed E-state index contributed by atoms with van der Waals surface area (Å²) in [7, 11) is 0. The zero-order chi connectivity index (χ0) is 21.1. The molecule has 29 heavy (non-hydrogen) atoms. The predicted octanol–water partition coefficient (Wildman–Crippen LogP) is 5.61. The van der Waals surface area contributed by atoms with Gasteiger partial charge < -0.3 is 5.32 Å². The highest BCUT2D eigenvalue weighted by Gasteiger charge is 2.26. The molecule has 4 heteroatoms. The summed E-state index contributed by atoms with van der Waals surface area (Å²) in [6.45, 7) is 14.8. The Morgan fingerprint density at radius 1 is 0.862 bits per heavy atom. The normalized spacial score (nSPS) is 12.3. The second kappa shape index (κ2) is 8.50. The van der Waals surface area contributed by atoms with Crippen molar-refractivity contribution in [2.75, 3.05) is 0 Å². The molecule has 1 heterocycles. The van der Waals surface area contributed by atoms with Crippen LogP contribution in [0.2, 0.25) is 0 Å². The maximum absolute atomic E-state index is 4.85. The van der Waals surface area contributed by atoms with Crippen molar-refractivity contribution in [3.05, 3.63) is 71.4 Å². The topological polar surface area (TPSA) is 42.7 Å². The van der Waals surface area contributed by atoms with Gasteiger partial charge in [-0.2, -0.15) is 15.0 Å². The van der Waals surface area contributed by atoms with E-state index in [1.54, 1.807) is 0 Å². The van der Waals surface area contributed by atoms with Crippen LogP contribution in [-0.4, -0.2) is 20.5 Å². The van der Waals surface area contributed by atoms with E-state index in [4.69, 9.17) is 10.2 Å². The van der Waals surface area contributed by atoms with Gasteiger partial charge in [-0.05, 0) is 38.2 Å². The van der Waals surface area contributed by atoms with Gasteiger partial charge in [-0.3, -0.25) is 0 Å². The molecule has 0 saturated carbocycles. The number of benzene rings is 2. The van der Waals surface area contributed by atoms with Gasteiger partial charge >= 0.3 is 0 Å². The Hall–Kier alpha value is -2.46. The van der Waals surface area contributed by atoms with E-state index in [2.05, 4.69) is 95.4 Å². The third-order valence-corrected chi connectivity index (χ3v) is 4.92. The van der Waals surface area contributed by atoms with Crippen LogP contribution in [-0.2, 0) is 13.1 Å². The number of hydrogen-bond acceptors (Lipinski definition) is 3. The van der Waals surface area contributed by atoms with Gasteiger partial charge in [0.25, 0.3) is 0 Å². The van der Waals surface area contributed by atoms with E-state index in [0.717, 1.165) is 23.4 Å². The third-order valence-electron chi connectivity index (χ3n) is 4.92. The van der Waals surface area contributed by atoms with Crippen LogP contribution >= 0.6 is 0 Å². The minimum absolute atomic E-state index is 0.0208.